The normalized spacial score (nSPS) is 10.4. The Labute approximate surface area is 109 Å². The molecule has 0 fully saturated rings. The average molecular weight is 264 g/mol. The van der Waals surface area contributed by atoms with E-state index in [0.29, 0.717) is 12.4 Å². The average Bonchev–Trinajstić information content (AvgIpc) is 2.95. The first-order valence-corrected chi connectivity index (χ1v) is 5.71. The van der Waals surface area contributed by atoms with E-state index in [0.717, 1.165) is 11.5 Å². The fraction of sp³-hybridized carbons (Fsp3) is 0.400. The highest BCUT2D eigenvalue weighted by atomic mass is 16.2. The van der Waals surface area contributed by atoms with E-state index in [1.165, 1.54) is 4.90 Å². The monoisotopic (exact) mass is 264 g/mol. The number of hydrogen-bond donors (Lipinski definition) is 4. The number of nitrogens with two attached hydrogens (primary N) is 1. The van der Waals surface area contributed by atoms with E-state index in [9.17, 15) is 4.79 Å². The van der Waals surface area contributed by atoms with Gasteiger partial charge in [0.25, 0.3) is 0 Å². The van der Waals surface area contributed by atoms with E-state index in [4.69, 9.17) is 5.73 Å². The highest BCUT2D eigenvalue weighted by Gasteiger charge is 2.11. The van der Waals surface area contributed by atoms with Gasteiger partial charge in [-0.15, -0.1) is 5.10 Å². The van der Waals surface area contributed by atoms with Crippen molar-refractivity contribution in [2.45, 2.75) is 20.0 Å². The molecule has 2 heterocycles. The number of nitrogen functional groups attached to an aromatic ring is 1. The first-order valence-electron chi connectivity index (χ1n) is 5.71. The number of aromatic nitrogens is 5. The van der Waals surface area contributed by atoms with Gasteiger partial charge < -0.3 is 20.9 Å². The fourth-order valence-corrected chi connectivity index (χ4v) is 1.53. The Hall–Kier alpha value is -2.58. The SMILES string of the molecule is Cc1cnc(CN(C)C(=O)NCc2nc(N)n[nH]2)[nH]1. The van der Waals surface area contributed by atoms with Crippen LogP contribution in [0.2, 0.25) is 0 Å². The molecule has 2 rings (SSSR count). The number of H-pyrrole nitrogens is 2. The van der Waals surface area contributed by atoms with Gasteiger partial charge in [-0.3, -0.25) is 5.10 Å². The number of urea groups is 1. The molecule has 9 nitrogen and oxygen atoms in total. The molecule has 102 valence electrons. The van der Waals surface area contributed by atoms with Crippen molar-refractivity contribution < 1.29 is 4.79 Å². The lowest BCUT2D eigenvalue weighted by atomic mass is 10.5. The van der Waals surface area contributed by atoms with Gasteiger partial charge in [0.05, 0.1) is 13.1 Å². The van der Waals surface area contributed by atoms with Crippen LogP contribution in [0.3, 0.4) is 0 Å². The van der Waals surface area contributed by atoms with Crippen LogP contribution < -0.4 is 11.1 Å². The molecule has 19 heavy (non-hydrogen) atoms. The number of amides is 2. The minimum atomic E-state index is -0.232. The highest BCUT2D eigenvalue weighted by molar-refractivity contribution is 5.73. The largest absolute Gasteiger partial charge is 0.367 e. The number of rotatable bonds is 4. The lowest BCUT2D eigenvalue weighted by Gasteiger charge is -2.16. The number of hydrogen-bond acceptors (Lipinski definition) is 5. The summed E-state index contributed by atoms with van der Waals surface area (Å²) in [5, 5.41) is 8.98. The standard InChI is InChI=1S/C10H16N8O/c1-6-3-12-8(14-6)5-18(2)10(19)13-4-7-15-9(11)17-16-7/h3H,4-5H2,1-2H3,(H,12,14)(H,13,19)(H3,11,15,16,17). The number of nitrogens with zero attached hydrogens (tertiary/aromatic N) is 4. The second-order valence-corrected chi connectivity index (χ2v) is 4.17. The molecule has 0 radical (unpaired) electrons. The van der Waals surface area contributed by atoms with E-state index < -0.39 is 0 Å². The fourth-order valence-electron chi connectivity index (χ4n) is 1.53. The topological polar surface area (TPSA) is 129 Å². The Balaban J connectivity index is 1.82. The number of carbonyl (C=O) groups excluding carboxylic acids is 1. The molecule has 0 aliphatic rings. The van der Waals surface area contributed by atoms with Gasteiger partial charge in [0, 0.05) is 18.9 Å². The van der Waals surface area contributed by atoms with Crippen molar-refractivity contribution in [1.82, 2.24) is 35.4 Å². The van der Waals surface area contributed by atoms with Crippen molar-refractivity contribution in [2.24, 2.45) is 0 Å². The third kappa shape index (κ3) is 3.44. The van der Waals surface area contributed by atoms with Crippen LogP contribution in [0.4, 0.5) is 10.7 Å². The predicted molar refractivity (Wildman–Crippen MR) is 67.8 cm³/mol. The van der Waals surface area contributed by atoms with Crippen molar-refractivity contribution in [3.8, 4) is 0 Å². The zero-order valence-electron chi connectivity index (χ0n) is 10.8. The molecule has 0 unspecified atom stereocenters. The maximum atomic E-state index is 11.8. The molecule has 5 N–H and O–H groups in total. The number of nitrogens with one attached hydrogen (secondary N) is 3. The quantitative estimate of drug-likeness (QED) is 0.605. The number of imidazole rings is 1. The Kier molecular flexibility index (Phi) is 3.64. The second-order valence-electron chi connectivity index (χ2n) is 4.17. The van der Waals surface area contributed by atoms with Crippen LogP contribution in [0.5, 0.6) is 0 Å². The minimum absolute atomic E-state index is 0.156. The molecule has 0 spiro atoms. The van der Waals surface area contributed by atoms with E-state index in [1.54, 1.807) is 13.2 Å². The van der Waals surface area contributed by atoms with E-state index in [2.05, 4.69) is 30.5 Å². The Bertz CT molecular complexity index is 559. The first-order chi connectivity index (χ1) is 9.04. The summed E-state index contributed by atoms with van der Waals surface area (Å²) in [6.45, 7) is 2.55. The second kappa shape index (κ2) is 5.38. The summed E-state index contributed by atoms with van der Waals surface area (Å²) in [5.41, 5.74) is 6.32. The molecule has 0 aliphatic carbocycles. The summed E-state index contributed by atoms with van der Waals surface area (Å²) < 4.78 is 0. The van der Waals surface area contributed by atoms with Crippen LogP contribution >= 0.6 is 0 Å². The van der Waals surface area contributed by atoms with Crippen LogP contribution in [0.25, 0.3) is 0 Å². The molecule has 2 aromatic rings. The maximum Gasteiger partial charge on any atom is 0.317 e. The molecular formula is C10H16N8O. The zero-order chi connectivity index (χ0) is 13.8. The maximum absolute atomic E-state index is 11.8. The summed E-state index contributed by atoms with van der Waals surface area (Å²) in [6, 6.07) is -0.232. The van der Waals surface area contributed by atoms with E-state index in [1.807, 2.05) is 6.92 Å². The zero-order valence-corrected chi connectivity index (χ0v) is 10.8. The van der Waals surface area contributed by atoms with Crippen LogP contribution in [0.15, 0.2) is 6.20 Å². The van der Waals surface area contributed by atoms with E-state index >= 15 is 0 Å². The van der Waals surface area contributed by atoms with Crippen molar-refractivity contribution in [3.05, 3.63) is 23.5 Å². The van der Waals surface area contributed by atoms with Gasteiger partial charge in [0.1, 0.15) is 11.6 Å². The third-order valence-corrected chi connectivity index (χ3v) is 2.45. The molecule has 2 aromatic heterocycles. The lowest BCUT2D eigenvalue weighted by molar-refractivity contribution is 0.205. The molecule has 9 heteroatoms. The van der Waals surface area contributed by atoms with Gasteiger partial charge in [-0.2, -0.15) is 4.98 Å². The van der Waals surface area contributed by atoms with Gasteiger partial charge in [-0.05, 0) is 6.92 Å². The summed E-state index contributed by atoms with van der Waals surface area (Å²) >= 11 is 0. The smallest absolute Gasteiger partial charge is 0.317 e. The molecular weight excluding hydrogens is 248 g/mol. The highest BCUT2D eigenvalue weighted by Crippen LogP contribution is 2.00. The van der Waals surface area contributed by atoms with Gasteiger partial charge in [-0.1, -0.05) is 0 Å². The number of anilines is 1. The van der Waals surface area contributed by atoms with Crippen molar-refractivity contribution >= 4 is 12.0 Å². The minimum Gasteiger partial charge on any atom is -0.367 e. The molecule has 0 saturated heterocycles. The number of carbonyl (C=O) groups is 1. The summed E-state index contributed by atoms with van der Waals surface area (Å²) in [5.74, 6) is 1.40. The third-order valence-electron chi connectivity index (χ3n) is 2.45. The van der Waals surface area contributed by atoms with Gasteiger partial charge in [-0.25, -0.2) is 9.78 Å². The summed E-state index contributed by atoms with van der Waals surface area (Å²) in [7, 11) is 1.68. The lowest BCUT2D eigenvalue weighted by Crippen LogP contribution is -2.36. The Morgan fingerprint density at radius 1 is 1.53 bits per heavy atom. The van der Waals surface area contributed by atoms with Crippen molar-refractivity contribution in [3.63, 3.8) is 0 Å². The van der Waals surface area contributed by atoms with Crippen LogP contribution in [-0.2, 0) is 13.1 Å². The molecule has 0 bridgehead atoms. The van der Waals surface area contributed by atoms with Crippen LogP contribution in [-0.4, -0.2) is 43.1 Å². The van der Waals surface area contributed by atoms with Crippen molar-refractivity contribution in [1.29, 1.82) is 0 Å². The van der Waals surface area contributed by atoms with Gasteiger partial charge in [0.15, 0.2) is 0 Å². The molecule has 0 saturated carbocycles. The molecule has 0 aromatic carbocycles. The summed E-state index contributed by atoms with van der Waals surface area (Å²) in [4.78, 5) is 24.4. The Morgan fingerprint density at radius 3 is 2.89 bits per heavy atom. The van der Waals surface area contributed by atoms with Crippen LogP contribution in [0.1, 0.15) is 17.3 Å². The molecule has 2 amide bonds. The van der Waals surface area contributed by atoms with Gasteiger partial charge >= 0.3 is 6.03 Å². The molecule has 0 atom stereocenters. The van der Waals surface area contributed by atoms with Gasteiger partial charge in [0.2, 0.25) is 5.95 Å². The number of aryl methyl sites for hydroxylation is 1. The summed E-state index contributed by atoms with van der Waals surface area (Å²) in [6.07, 6.45) is 1.72. The molecule has 0 aliphatic heterocycles. The van der Waals surface area contributed by atoms with Crippen LogP contribution in [0, 0.1) is 6.92 Å². The van der Waals surface area contributed by atoms with E-state index in [-0.39, 0.29) is 18.5 Å². The first kappa shape index (κ1) is 12.9. The number of aromatic amines is 2. The van der Waals surface area contributed by atoms with Crippen molar-refractivity contribution in [2.75, 3.05) is 12.8 Å². The Morgan fingerprint density at radius 2 is 2.32 bits per heavy atom. The predicted octanol–water partition coefficient (Wildman–Crippen LogP) is -0.240.